The summed E-state index contributed by atoms with van der Waals surface area (Å²) < 4.78 is 16.2. The molecule has 1 aromatic heterocycles. The smallest absolute Gasteiger partial charge is 0.295 e. The molecule has 5 nitrogen and oxygen atoms in total. The van der Waals surface area contributed by atoms with Crippen molar-refractivity contribution in [3.05, 3.63) is 81.0 Å². The summed E-state index contributed by atoms with van der Waals surface area (Å²) in [5.41, 5.74) is 1.14. The van der Waals surface area contributed by atoms with Gasteiger partial charge in [-0.1, -0.05) is 29.8 Å². The summed E-state index contributed by atoms with van der Waals surface area (Å²) in [5, 5.41) is 2.57. The Bertz CT molecular complexity index is 1010. The van der Waals surface area contributed by atoms with Crippen molar-refractivity contribution in [3.63, 3.8) is 0 Å². The molecule has 3 rings (SSSR count). The third-order valence-electron chi connectivity index (χ3n) is 3.97. The molecule has 3 aromatic rings. The highest BCUT2D eigenvalue weighted by molar-refractivity contribution is 6.34. The molecule has 1 amide bonds. The van der Waals surface area contributed by atoms with Gasteiger partial charge in [0.15, 0.2) is 0 Å². The van der Waals surface area contributed by atoms with E-state index in [0.29, 0.717) is 11.4 Å². The van der Waals surface area contributed by atoms with Gasteiger partial charge < -0.3 is 5.32 Å². The molecule has 0 bridgehead atoms. The number of nitrogens with one attached hydrogen (secondary N) is 1. The number of halogens is 2. The van der Waals surface area contributed by atoms with Crippen molar-refractivity contribution in [2.45, 2.75) is 6.92 Å². The molecule has 128 valence electrons. The number of amides is 1. The second kappa shape index (κ2) is 6.57. The van der Waals surface area contributed by atoms with Crippen LogP contribution in [-0.4, -0.2) is 15.3 Å². The van der Waals surface area contributed by atoms with Crippen molar-refractivity contribution < 1.29 is 9.18 Å². The van der Waals surface area contributed by atoms with E-state index < -0.39 is 11.7 Å². The fraction of sp³-hybridized carbons (Fsp3) is 0.111. The number of benzene rings is 2. The number of aromatic nitrogens is 2. The van der Waals surface area contributed by atoms with E-state index in [-0.39, 0.29) is 21.8 Å². The van der Waals surface area contributed by atoms with Gasteiger partial charge in [0.25, 0.3) is 11.5 Å². The van der Waals surface area contributed by atoms with Gasteiger partial charge in [0.2, 0.25) is 0 Å². The second-order valence-corrected chi connectivity index (χ2v) is 5.92. The Morgan fingerprint density at radius 2 is 1.84 bits per heavy atom. The molecular formula is C18H15ClFN3O2. The van der Waals surface area contributed by atoms with E-state index in [9.17, 15) is 14.0 Å². The molecule has 0 radical (unpaired) electrons. The van der Waals surface area contributed by atoms with E-state index in [1.54, 1.807) is 30.8 Å². The Morgan fingerprint density at radius 3 is 2.48 bits per heavy atom. The molecule has 25 heavy (non-hydrogen) atoms. The van der Waals surface area contributed by atoms with Gasteiger partial charge in [-0.15, -0.1) is 0 Å². The zero-order valence-corrected chi connectivity index (χ0v) is 14.3. The number of anilines is 1. The highest BCUT2D eigenvalue weighted by atomic mass is 35.5. The minimum Gasteiger partial charge on any atom is -0.316 e. The van der Waals surface area contributed by atoms with Crippen LogP contribution in [0.1, 0.15) is 16.1 Å². The first-order chi connectivity index (χ1) is 11.9. The first-order valence-corrected chi connectivity index (χ1v) is 7.88. The summed E-state index contributed by atoms with van der Waals surface area (Å²) in [6.45, 7) is 1.72. The third-order valence-corrected chi connectivity index (χ3v) is 4.28. The maximum absolute atomic E-state index is 13.1. The Hall–Kier alpha value is -2.86. The third kappa shape index (κ3) is 3.08. The maximum atomic E-state index is 13.1. The number of hydrogen-bond donors (Lipinski definition) is 1. The molecule has 2 aromatic carbocycles. The van der Waals surface area contributed by atoms with Crippen LogP contribution in [0, 0.1) is 12.7 Å². The Balaban J connectivity index is 2.02. The summed E-state index contributed by atoms with van der Waals surface area (Å²) >= 11 is 5.91. The molecule has 0 aliphatic rings. The van der Waals surface area contributed by atoms with Crippen molar-refractivity contribution in [1.82, 2.24) is 9.36 Å². The van der Waals surface area contributed by atoms with E-state index in [2.05, 4.69) is 5.32 Å². The van der Waals surface area contributed by atoms with Crippen LogP contribution in [-0.2, 0) is 7.05 Å². The normalized spacial score (nSPS) is 10.7. The van der Waals surface area contributed by atoms with Crippen molar-refractivity contribution in [1.29, 1.82) is 0 Å². The van der Waals surface area contributed by atoms with E-state index in [0.717, 1.165) is 12.1 Å². The van der Waals surface area contributed by atoms with Gasteiger partial charge in [0.1, 0.15) is 11.5 Å². The van der Waals surface area contributed by atoms with Crippen LogP contribution < -0.4 is 10.9 Å². The van der Waals surface area contributed by atoms with Crippen molar-refractivity contribution >= 4 is 23.2 Å². The highest BCUT2D eigenvalue weighted by Gasteiger charge is 2.20. The fourth-order valence-electron chi connectivity index (χ4n) is 2.57. The molecule has 0 aliphatic heterocycles. The fourth-order valence-corrected chi connectivity index (χ4v) is 2.82. The molecule has 0 atom stereocenters. The lowest BCUT2D eigenvalue weighted by atomic mass is 10.2. The van der Waals surface area contributed by atoms with Gasteiger partial charge in [-0.25, -0.2) is 9.07 Å². The van der Waals surface area contributed by atoms with E-state index in [1.807, 2.05) is 18.2 Å². The number of carbonyl (C=O) groups is 1. The van der Waals surface area contributed by atoms with Gasteiger partial charge in [-0.05, 0) is 37.3 Å². The lowest BCUT2D eigenvalue weighted by Crippen LogP contribution is -2.23. The molecule has 0 fully saturated rings. The predicted molar refractivity (Wildman–Crippen MR) is 95.1 cm³/mol. The summed E-state index contributed by atoms with van der Waals surface area (Å²) in [6, 6.07) is 12.6. The number of carbonyl (C=O) groups excluding carboxylic acids is 1. The van der Waals surface area contributed by atoms with Crippen molar-refractivity contribution in [3.8, 4) is 5.69 Å². The predicted octanol–water partition coefficient (Wildman–Crippen LogP) is 3.53. The lowest BCUT2D eigenvalue weighted by molar-refractivity contribution is 0.102. The van der Waals surface area contributed by atoms with Crippen LogP contribution in [0.15, 0.2) is 53.3 Å². The second-order valence-electron chi connectivity index (χ2n) is 5.51. The van der Waals surface area contributed by atoms with Gasteiger partial charge in [-0.2, -0.15) is 0 Å². The first kappa shape index (κ1) is 17.0. The molecule has 1 N–H and O–H groups in total. The largest absolute Gasteiger partial charge is 0.316 e. The zero-order valence-electron chi connectivity index (χ0n) is 13.6. The van der Waals surface area contributed by atoms with Crippen LogP contribution in [0.2, 0.25) is 5.02 Å². The van der Waals surface area contributed by atoms with Crippen LogP contribution in [0.5, 0.6) is 0 Å². The molecule has 0 unspecified atom stereocenters. The monoisotopic (exact) mass is 359 g/mol. The molecule has 0 spiro atoms. The van der Waals surface area contributed by atoms with Crippen LogP contribution >= 0.6 is 11.6 Å². The summed E-state index contributed by atoms with van der Waals surface area (Å²) in [7, 11) is 1.73. The average molecular weight is 360 g/mol. The lowest BCUT2D eigenvalue weighted by Gasteiger charge is -2.07. The Morgan fingerprint density at radius 1 is 1.16 bits per heavy atom. The molecular weight excluding hydrogens is 345 g/mol. The summed E-state index contributed by atoms with van der Waals surface area (Å²) in [4.78, 5) is 25.2. The van der Waals surface area contributed by atoms with Crippen LogP contribution in [0.4, 0.5) is 10.1 Å². The molecule has 0 saturated heterocycles. The summed E-state index contributed by atoms with van der Waals surface area (Å²) in [6.07, 6.45) is 0. The van der Waals surface area contributed by atoms with Crippen LogP contribution in [0.3, 0.4) is 0 Å². The minimum atomic E-state index is -0.573. The van der Waals surface area contributed by atoms with Gasteiger partial charge in [-0.3, -0.25) is 14.3 Å². The molecule has 0 saturated carbocycles. The summed E-state index contributed by atoms with van der Waals surface area (Å²) in [5.74, 6) is -1.11. The van der Waals surface area contributed by atoms with E-state index >= 15 is 0 Å². The zero-order chi connectivity index (χ0) is 18.1. The average Bonchev–Trinajstić information content (AvgIpc) is 2.79. The number of hydrogen-bond acceptors (Lipinski definition) is 2. The molecule has 0 aliphatic carbocycles. The SMILES string of the molecule is Cc1c(NC(=O)c2ccc(F)cc2Cl)c(=O)n(-c2ccccc2)n1C. The molecule has 1 heterocycles. The number of nitrogens with zero attached hydrogens (tertiary/aromatic N) is 2. The van der Waals surface area contributed by atoms with Gasteiger partial charge in [0.05, 0.1) is 22.0 Å². The van der Waals surface area contributed by atoms with E-state index in [1.165, 1.54) is 10.7 Å². The maximum Gasteiger partial charge on any atom is 0.295 e. The van der Waals surface area contributed by atoms with Gasteiger partial charge >= 0.3 is 0 Å². The molecule has 7 heteroatoms. The highest BCUT2D eigenvalue weighted by Crippen LogP contribution is 2.20. The minimum absolute atomic E-state index is 0.0190. The topological polar surface area (TPSA) is 56.0 Å². The quantitative estimate of drug-likeness (QED) is 0.777. The van der Waals surface area contributed by atoms with Gasteiger partial charge in [0, 0.05) is 7.05 Å². The first-order valence-electron chi connectivity index (χ1n) is 7.50. The number of para-hydroxylation sites is 1. The van der Waals surface area contributed by atoms with E-state index in [4.69, 9.17) is 11.6 Å². The Labute approximate surface area is 148 Å². The standard InChI is InChI=1S/C18H15ClFN3O2/c1-11-16(21-17(24)14-9-8-12(20)10-15(14)19)18(25)23(22(11)2)13-6-4-3-5-7-13/h3-10H,1-2H3,(H,21,24). The van der Waals surface area contributed by atoms with Crippen molar-refractivity contribution in [2.24, 2.45) is 7.05 Å². The van der Waals surface area contributed by atoms with Crippen LogP contribution in [0.25, 0.3) is 5.69 Å². The Kier molecular flexibility index (Phi) is 4.46. The number of rotatable bonds is 3. The van der Waals surface area contributed by atoms with Crippen molar-refractivity contribution in [2.75, 3.05) is 5.32 Å².